The predicted molar refractivity (Wildman–Crippen MR) is 72.6 cm³/mol. The number of nitrogens with zero attached hydrogens (tertiary/aromatic N) is 3. The predicted octanol–water partition coefficient (Wildman–Crippen LogP) is 1.91. The number of hydrogen-bond acceptors (Lipinski definition) is 5. The van der Waals surface area contributed by atoms with Gasteiger partial charge in [0.25, 0.3) is 0 Å². The minimum atomic E-state index is -0.528. The molecule has 6 nitrogen and oxygen atoms in total. The van der Waals surface area contributed by atoms with Crippen LogP contribution in [-0.2, 0) is 22.6 Å². The summed E-state index contributed by atoms with van der Waals surface area (Å²) in [7, 11) is 2.85. The van der Waals surface area contributed by atoms with Crippen molar-refractivity contribution < 1.29 is 14.3 Å². The monoisotopic (exact) mass is 295 g/mol. The number of aromatic nitrogens is 3. The Hall–Kier alpha value is -1.92. The average molecular weight is 296 g/mol. The quantitative estimate of drug-likeness (QED) is 0.788. The van der Waals surface area contributed by atoms with E-state index >= 15 is 0 Å². The van der Waals surface area contributed by atoms with Crippen molar-refractivity contribution in [3.05, 3.63) is 46.2 Å². The zero-order valence-electron chi connectivity index (χ0n) is 11.2. The van der Waals surface area contributed by atoms with Crippen molar-refractivity contribution in [2.75, 3.05) is 14.2 Å². The zero-order valence-corrected chi connectivity index (χ0v) is 11.9. The smallest absolute Gasteiger partial charge is 0.360 e. The lowest BCUT2D eigenvalue weighted by Gasteiger charge is -2.07. The van der Waals surface area contributed by atoms with E-state index < -0.39 is 5.97 Å². The molecule has 0 radical (unpaired) electrons. The molecule has 0 aliphatic rings. The Morgan fingerprint density at radius 2 is 2.00 bits per heavy atom. The van der Waals surface area contributed by atoms with E-state index in [-0.39, 0.29) is 12.3 Å². The standard InChI is InChI=1S/C13H14ClN3O3/c1-19-8-11-12(13(18)20-2)15-16-17(11)7-9-3-5-10(14)6-4-9/h3-6H,7-8H2,1-2H3. The molecule has 0 fully saturated rings. The lowest BCUT2D eigenvalue weighted by molar-refractivity contribution is 0.0588. The molecule has 0 bridgehead atoms. The van der Waals surface area contributed by atoms with E-state index in [2.05, 4.69) is 15.0 Å². The first-order valence-corrected chi connectivity index (χ1v) is 6.27. The summed E-state index contributed by atoms with van der Waals surface area (Å²) < 4.78 is 11.4. The molecule has 0 spiro atoms. The van der Waals surface area contributed by atoms with Crippen LogP contribution >= 0.6 is 11.6 Å². The van der Waals surface area contributed by atoms with Gasteiger partial charge in [-0.2, -0.15) is 0 Å². The van der Waals surface area contributed by atoms with Gasteiger partial charge in [0, 0.05) is 12.1 Å². The molecule has 106 valence electrons. The summed E-state index contributed by atoms with van der Waals surface area (Å²) in [6.45, 7) is 0.699. The van der Waals surface area contributed by atoms with Gasteiger partial charge in [0.1, 0.15) is 0 Å². The Bertz CT molecular complexity index is 595. The largest absolute Gasteiger partial charge is 0.464 e. The van der Waals surface area contributed by atoms with E-state index in [1.54, 1.807) is 23.9 Å². The van der Waals surface area contributed by atoms with Gasteiger partial charge in [-0.3, -0.25) is 0 Å². The molecular weight excluding hydrogens is 282 g/mol. The third-order valence-electron chi connectivity index (χ3n) is 2.74. The second-order valence-electron chi connectivity index (χ2n) is 4.09. The fourth-order valence-corrected chi connectivity index (χ4v) is 1.88. The number of benzene rings is 1. The van der Waals surface area contributed by atoms with Crippen LogP contribution in [0.2, 0.25) is 5.02 Å². The maximum absolute atomic E-state index is 11.6. The van der Waals surface area contributed by atoms with Crippen LogP contribution in [0.15, 0.2) is 24.3 Å². The first kappa shape index (κ1) is 14.5. The van der Waals surface area contributed by atoms with Gasteiger partial charge in [-0.15, -0.1) is 5.10 Å². The second kappa shape index (κ2) is 6.49. The summed E-state index contributed by atoms with van der Waals surface area (Å²) in [4.78, 5) is 11.6. The van der Waals surface area contributed by atoms with Crippen molar-refractivity contribution in [3.8, 4) is 0 Å². The SMILES string of the molecule is COCc1c(C(=O)OC)nnn1Cc1ccc(Cl)cc1. The molecule has 0 N–H and O–H groups in total. The van der Waals surface area contributed by atoms with Gasteiger partial charge in [-0.25, -0.2) is 9.48 Å². The summed E-state index contributed by atoms with van der Waals surface area (Å²) in [5.41, 5.74) is 1.74. The van der Waals surface area contributed by atoms with Gasteiger partial charge in [0.05, 0.1) is 26.0 Å². The molecular formula is C13H14ClN3O3. The maximum atomic E-state index is 11.6. The summed E-state index contributed by atoms with van der Waals surface area (Å²) in [5.74, 6) is -0.528. The molecule has 20 heavy (non-hydrogen) atoms. The topological polar surface area (TPSA) is 66.2 Å². The number of ether oxygens (including phenoxy) is 2. The highest BCUT2D eigenvalue weighted by atomic mass is 35.5. The van der Waals surface area contributed by atoms with Gasteiger partial charge in [0.15, 0.2) is 5.69 Å². The van der Waals surface area contributed by atoms with Crippen LogP contribution in [0, 0.1) is 0 Å². The number of halogens is 1. The first-order valence-electron chi connectivity index (χ1n) is 5.89. The van der Waals surface area contributed by atoms with E-state index in [9.17, 15) is 4.79 Å². The molecule has 2 aromatic rings. The van der Waals surface area contributed by atoms with Crippen molar-refractivity contribution >= 4 is 17.6 Å². The van der Waals surface area contributed by atoms with Crippen LogP contribution in [0.1, 0.15) is 21.7 Å². The van der Waals surface area contributed by atoms with Crippen molar-refractivity contribution in [2.45, 2.75) is 13.2 Å². The molecule has 1 heterocycles. The van der Waals surface area contributed by atoms with Crippen LogP contribution in [0.25, 0.3) is 0 Å². The molecule has 2 rings (SSSR count). The average Bonchev–Trinajstić information content (AvgIpc) is 2.84. The van der Waals surface area contributed by atoms with Crippen molar-refractivity contribution in [1.29, 1.82) is 0 Å². The zero-order chi connectivity index (χ0) is 14.5. The third-order valence-corrected chi connectivity index (χ3v) is 2.99. The third kappa shape index (κ3) is 3.15. The lowest BCUT2D eigenvalue weighted by atomic mass is 10.2. The maximum Gasteiger partial charge on any atom is 0.360 e. The summed E-state index contributed by atoms with van der Waals surface area (Å²) in [5, 5.41) is 8.49. The molecule has 1 aromatic heterocycles. The highest BCUT2D eigenvalue weighted by Gasteiger charge is 2.20. The van der Waals surface area contributed by atoms with Crippen LogP contribution in [0.4, 0.5) is 0 Å². The number of rotatable bonds is 5. The number of esters is 1. The first-order chi connectivity index (χ1) is 9.65. The fourth-order valence-electron chi connectivity index (χ4n) is 1.76. The molecule has 0 unspecified atom stereocenters. The van der Waals surface area contributed by atoms with E-state index in [1.165, 1.54) is 7.11 Å². The molecule has 0 amide bonds. The van der Waals surface area contributed by atoms with E-state index in [0.717, 1.165) is 5.56 Å². The molecule has 0 saturated carbocycles. The highest BCUT2D eigenvalue weighted by molar-refractivity contribution is 6.30. The Morgan fingerprint density at radius 3 is 2.60 bits per heavy atom. The summed E-state index contributed by atoms with van der Waals surface area (Å²) in [6, 6.07) is 7.37. The second-order valence-corrected chi connectivity index (χ2v) is 4.53. The number of carbonyl (C=O) groups is 1. The van der Waals surface area contributed by atoms with E-state index in [0.29, 0.717) is 17.3 Å². The Balaban J connectivity index is 2.29. The summed E-state index contributed by atoms with van der Waals surface area (Å²) in [6.07, 6.45) is 0. The lowest BCUT2D eigenvalue weighted by Crippen LogP contribution is -2.11. The molecule has 0 saturated heterocycles. The molecule has 7 heteroatoms. The summed E-state index contributed by atoms with van der Waals surface area (Å²) >= 11 is 5.84. The van der Waals surface area contributed by atoms with Crippen molar-refractivity contribution in [2.24, 2.45) is 0 Å². The van der Waals surface area contributed by atoms with Gasteiger partial charge >= 0.3 is 5.97 Å². The molecule has 1 aromatic carbocycles. The van der Waals surface area contributed by atoms with E-state index in [1.807, 2.05) is 12.1 Å². The van der Waals surface area contributed by atoms with Crippen LogP contribution in [-0.4, -0.2) is 35.2 Å². The highest BCUT2D eigenvalue weighted by Crippen LogP contribution is 2.13. The van der Waals surface area contributed by atoms with Gasteiger partial charge in [0.2, 0.25) is 0 Å². The van der Waals surface area contributed by atoms with Gasteiger partial charge in [-0.1, -0.05) is 28.9 Å². The Morgan fingerprint density at radius 1 is 1.30 bits per heavy atom. The van der Waals surface area contributed by atoms with Crippen molar-refractivity contribution in [1.82, 2.24) is 15.0 Å². The number of hydrogen-bond donors (Lipinski definition) is 0. The van der Waals surface area contributed by atoms with Crippen LogP contribution < -0.4 is 0 Å². The Kier molecular flexibility index (Phi) is 4.70. The van der Waals surface area contributed by atoms with Crippen LogP contribution in [0.3, 0.4) is 0 Å². The normalized spacial score (nSPS) is 10.6. The fraction of sp³-hybridized carbons (Fsp3) is 0.308. The minimum absolute atomic E-state index is 0.170. The molecule has 0 aliphatic carbocycles. The Labute approximate surface area is 121 Å². The van der Waals surface area contributed by atoms with Crippen LogP contribution in [0.5, 0.6) is 0 Å². The van der Waals surface area contributed by atoms with Gasteiger partial charge < -0.3 is 9.47 Å². The number of carbonyl (C=O) groups excluding carboxylic acids is 1. The van der Waals surface area contributed by atoms with E-state index in [4.69, 9.17) is 16.3 Å². The molecule has 0 aliphatic heterocycles. The number of methoxy groups -OCH3 is 2. The minimum Gasteiger partial charge on any atom is -0.464 e. The van der Waals surface area contributed by atoms with Crippen molar-refractivity contribution in [3.63, 3.8) is 0 Å². The molecule has 0 atom stereocenters. The van der Waals surface area contributed by atoms with Gasteiger partial charge in [-0.05, 0) is 17.7 Å².